The smallest absolute Gasteiger partial charge is 0.223 e. The molecule has 150 valence electrons. The predicted molar refractivity (Wildman–Crippen MR) is 114 cm³/mol. The molecule has 1 N–H and O–H groups in total. The van der Waals surface area contributed by atoms with Crippen molar-refractivity contribution in [3.63, 3.8) is 0 Å². The molecule has 2 aromatic rings. The Morgan fingerprint density at radius 3 is 2.43 bits per heavy atom. The summed E-state index contributed by atoms with van der Waals surface area (Å²) in [6.45, 7) is 9.92. The lowest BCUT2D eigenvalue weighted by molar-refractivity contribution is -0.126. The fourth-order valence-corrected chi connectivity index (χ4v) is 3.85. The van der Waals surface area contributed by atoms with Crippen LogP contribution in [0.1, 0.15) is 37.8 Å². The number of hydrogen-bond donors (Lipinski definition) is 1. The Kier molecular flexibility index (Phi) is 7.43. The Labute approximate surface area is 168 Å². The van der Waals surface area contributed by atoms with Crippen molar-refractivity contribution < 1.29 is 4.79 Å². The number of pyridine rings is 1. The number of amides is 1. The van der Waals surface area contributed by atoms with Gasteiger partial charge in [0.15, 0.2) is 0 Å². The fourth-order valence-electron chi connectivity index (χ4n) is 3.85. The van der Waals surface area contributed by atoms with Crippen molar-refractivity contribution in [2.75, 3.05) is 31.1 Å². The molecule has 0 bridgehead atoms. The average Bonchev–Trinajstić information content (AvgIpc) is 2.75. The molecule has 1 saturated heterocycles. The van der Waals surface area contributed by atoms with Crippen LogP contribution in [0.3, 0.4) is 0 Å². The van der Waals surface area contributed by atoms with Crippen LogP contribution in [0, 0.1) is 5.92 Å². The van der Waals surface area contributed by atoms with Gasteiger partial charge in [-0.3, -0.25) is 14.7 Å². The molecule has 1 amide bonds. The molecule has 0 saturated carbocycles. The molecule has 3 rings (SSSR count). The second-order valence-electron chi connectivity index (χ2n) is 7.47. The van der Waals surface area contributed by atoms with Gasteiger partial charge in [-0.1, -0.05) is 18.2 Å². The molecule has 1 aromatic heterocycles. The van der Waals surface area contributed by atoms with Crippen LogP contribution in [0.5, 0.6) is 0 Å². The number of aromatic nitrogens is 1. The van der Waals surface area contributed by atoms with Crippen molar-refractivity contribution in [2.45, 2.75) is 39.8 Å². The molecule has 1 fully saturated rings. The summed E-state index contributed by atoms with van der Waals surface area (Å²) in [5.74, 6) is 0.296. The van der Waals surface area contributed by atoms with Crippen LogP contribution in [0.2, 0.25) is 0 Å². The summed E-state index contributed by atoms with van der Waals surface area (Å²) in [6.07, 6.45) is 5.40. The monoisotopic (exact) mass is 380 g/mol. The van der Waals surface area contributed by atoms with Gasteiger partial charge >= 0.3 is 0 Å². The Morgan fingerprint density at radius 1 is 1.11 bits per heavy atom. The van der Waals surface area contributed by atoms with Crippen molar-refractivity contribution >= 4 is 11.6 Å². The highest BCUT2D eigenvalue weighted by Crippen LogP contribution is 2.21. The van der Waals surface area contributed by atoms with E-state index in [1.54, 1.807) is 12.4 Å². The first-order valence-electron chi connectivity index (χ1n) is 10.4. The zero-order chi connectivity index (χ0) is 19.8. The van der Waals surface area contributed by atoms with Crippen LogP contribution in [0.15, 0.2) is 48.8 Å². The number of carbonyl (C=O) groups excluding carboxylic acids is 1. The zero-order valence-electron chi connectivity index (χ0n) is 17.1. The second-order valence-corrected chi connectivity index (χ2v) is 7.47. The highest BCUT2D eigenvalue weighted by Gasteiger charge is 2.24. The van der Waals surface area contributed by atoms with Crippen molar-refractivity contribution in [3.8, 4) is 0 Å². The summed E-state index contributed by atoms with van der Waals surface area (Å²) in [7, 11) is 0. The molecule has 0 aliphatic carbocycles. The lowest BCUT2D eigenvalue weighted by Crippen LogP contribution is -2.40. The summed E-state index contributed by atoms with van der Waals surface area (Å²) < 4.78 is 0. The minimum absolute atomic E-state index is 0.123. The van der Waals surface area contributed by atoms with E-state index in [0.717, 1.165) is 51.1 Å². The Balaban J connectivity index is 1.43. The van der Waals surface area contributed by atoms with Gasteiger partial charge in [0, 0.05) is 50.2 Å². The largest absolute Gasteiger partial charge is 0.372 e. The van der Waals surface area contributed by atoms with E-state index in [9.17, 15) is 4.79 Å². The Bertz CT molecular complexity index is 720. The zero-order valence-corrected chi connectivity index (χ0v) is 17.1. The Hall–Kier alpha value is -2.40. The molecule has 1 aliphatic rings. The second kappa shape index (κ2) is 10.2. The van der Waals surface area contributed by atoms with Crippen molar-refractivity contribution in [3.05, 3.63) is 59.9 Å². The third-order valence-electron chi connectivity index (χ3n) is 5.62. The van der Waals surface area contributed by atoms with Crippen LogP contribution in [0.4, 0.5) is 5.69 Å². The molecule has 0 unspecified atom stereocenters. The van der Waals surface area contributed by atoms with Gasteiger partial charge in [0.25, 0.3) is 0 Å². The molecular weight excluding hydrogens is 348 g/mol. The van der Waals surface area contributed by atoms with Crippen LogP contribution in [-0.2, 0) is 17.9 Å². The van der Waals surface area contributed by atoms with Crippen molar-refractivity contribution in [1.82, 2.24) is 15.2 Å². The molecule has 1 aromatic carbocycles. The summed E-state index contributed by atoms with van der Waals surface area (Å²) >= 11 is 0. The minimum Gasteiger partial charge on any atom is -0.372 e. The summed E-state index contributed by atoms with van der Waals surface area (Å²) in [6, 6.07) is 12.8. The predicted octanol–water partition coefficient (Wildman–Crippen LogP) is 3.46. The highest BCUT2D eigenvalue weighted by molar-refractivity contribution is 5.78. The topological polar surface area (TPSA) is 48.5 Å². The van der Waals surface area contributed by atoms with Crippen LogP contribution in [0.25, 0.3) is 0 Å². The number of carbonyl (C=O) groups is 1. The van der Waals surface area contributed by atoms with E-state index in [2.05, 4.69) is 58.2 Å². The molecule has 0 spiro atoms. The van der Waals surface area contributed by atoms with Crippen molar-refractivity contribution in [1.29, 1.82) is 0 Å². The first-order valence-corrected chi connectivity index (χ1v) is 10.4. The number of nitrogens with one attached hydrogen (secondary N) is 1. The number of nitrogens with zero attached hydrogens (tertiary/aromatic N) is 3. The van der Waals surface area contributed by atoms with Crippen molar-refractivity contribution in [2.24, 2.45) is 5.92 Å². The molecule has 28 heavy (non-hydrogen) atoms. The van der Waals surface area contributed by atoms with E-state index in [0.29, 0.717) is 6.54 Å². The van der Waals surface area contributed by atoms with Gasteiger partial charge in [0.1, 0.15) is 0 Å². The number of hydrogen-bond acceptors (Lipinski definition) is 4. The van der Waals surface area contributed by atoms with Gasteiger partial charge in [-0.2, -0.15) is 0 Å². The maximum absolute atomic E-state index is 12.4. The fraction of sp³-hybridized carbons (Fsp3) is 0.478. The molecule has 5 heteroatoms. The van der Waals surface area contributed by atoms with Gasteiger partial charge in [-0.25, -0.2) is 0 Å². The number of rotatable bonds is 8. The summed E-state index contributed by atoms with van der Waals surface area (Å²) in [5.41, 5.74) is 3.68. The standard InChI is InChI=1S/C23H32N4O/c1-3-27(4-2)22-9-7-19(8-10-22)18-26-14-11-21(12-15-26)23(28)25-17-20-6-5-13-24-16-20/h5-10,13,16,21H,3-4,11-12,14-15,17-18H2,1-2H3,(H,25,28). The van der Waals surface area contributed by atoms with Gasteiger partial charge in [-0.05, 0) is 69.1 Å². The van der Waals surface area contributed by atoms with Crippen LogP contribution in [-0.4, -0.2) is 42.0 Å². The first kappa shape index (κ1) is 20.3. The molecule has 2 heterocycles. The quantitative estimate of drug-likeness (QED) is 0.762. The summed E-state index contributed by atoms with van der Waals surface area (Å²) in [4.78, 5) is 21.3. The van der Waals surface area contributed by atoms with E-state index in [-0.39, 0.29) is 11.8 Å². The molecule has 5 nitrogen and oxygen atoms in total. The number of likely N-dealkylation sites (tertiary alicyclic amines) is 1. The number of piperidine rings is 1. The molecular formula is C23H32N4O. The van der Waals surface area contributed by atoms with Crippen LogP contribution >= 0.6 is 0 Å². The molecule has 1 aliphatic heterocycles. The summed E-state index contributed by atoms with van der Waals surface area (Å²) in [5, 5.41) is 3.06. The minimum atomic E-state index is 0.123. The molecule has 0 radical (unpaired) electrons. The number of anilines is 1. The van der Waals surface area contributed by atoms with Gasteiger partial charge in [0.2, 0.25) is 5.91 Å². The van der Waals surface area contributed by atoms with E-state index in [4.69, 9.17) is 0 Å². The first-order chi connectivity index (χ1) is 13.7. The normalized spacial score (nSPS) is 15.4. The van der Waals surface area contributed by atoms with E-state index < -0.39 is 0 Å². The van der Waals surface area contributed by atoms with E-state index in [1.165, 1.54) is 11.3 Å². The SMILES string of the molecule is CCN(CC)c1ccc(CN2CCC(C(=O)NCc3cccnc3)CC2)cc1. The highest BCUT2D eigenvalue weighted by atomic mass is 16.1. The Morgan fingerprint density at radius 2 is 1.82 bits per heavy atom. The van der Waals surface area contributed by atoms with Gasteiger partial charge < -0.3 is 10.2 Å². The maximum Gasteiger partial charge on any atom is 0.223 e. The van der Waals surface area contributed by atoms with Crippen LogP contribution < -0.4 is 10.2 Å². The van der Waals surface area contributed by atoms with Gasteiger partial charge in [-0.15, -0.1) is 0 Å². The third-order valence-corrected chi connectivity index (χ3v) is 5.62. The molecule has 0 atom stereocenters. The average molecular weight is 381 g/mol. The maximum atomic E-state index is 12.4. The van der Waals surface area contributed by atoms with E-state index >= 15 is 0 Å². The number of benzene rings is 1. The third kappa shape index (κ3) is 5.55. The van der Waals surface area contributed by atoms with Gasteiger partial charge in [0.05, 0.1) is 0 Å². The lowest BCUT2D eigenvalue weighted by atomic mass is 9.95. The van der Waals surface area contributed by atoms with E-state index in [1.807, 2.05) is 12.1 Å². The lowest BCUT2D eigenvalue weighted by Gasteiger charge is -2.31.